The number of para-hydroxylation sites is 1. The van der Waals surface area contributed by atoms with Gasteiger partial charge in [0, 0.05) is 24.9 Å². The quantitative estimate of drug-likeness (QED) is 0.299. The van der Waals surface area contributed by atoms with Gasteiger partial charge in [-0.15, -0.1) is 0 Å². The number of nitrogens with one attached hydrogen (secondary N) is 2. The minimum Gasteiger partial charge on any atom is -0.437 e. The molecule has 5 rings (SSSR count). The topological polar surface area (TPSA) is 81.1 Å². The molecule has 5 aromatic rings. The van der Waals surface area contributed by atoms with Crippen LogP contribution in [0.4, 0.5) is 16.2 Å². The Kier molecular flexibility index (Phi) is 5.84. The molecule has 3 aromatic carbocycles. The average molecular weight is 470 g/mol. The van der Waals surface area contributed by atoms with Crippen LogP contribution >= 0.6 is 11.6 Å². The first-order valence-corrected chi connectivity index (χ1v) is 10.9. The molecule has 0 bridgehead atoms. The number of hydrogen-bond acceptors (Lipinski definition) is 4. The van der Waals surface area contributed by atoms with Gasteiger partial charge in [0.15, 0.2) is 0 Å². The van der Waals surface area contributed by atoms with Crippen LogP contribution < -0.4 is 15.4 Å². The van der Waals surface area contributed by atoms with Crippen LogP contribution in [-0.2, 0) is 7.05 Å². The zero-order valence-electron chi connectivity index (χ0n) is 18.2. The van der Waals surface area contributed by atoms with Gasteiger partial charge in [0.25, 0.3) is 0 Å². The molecule has 0 aliphatic heterocycles. The molecule has 0 aliphatic carbocycles. The van der Waals surface area contributed by atoms with Crippen molar-refractivity contribution >= 4 is 40.0 Å². The Bertz CT molecular complexity index is 1480. The maximum atomic E-state index is 12.7. The second kappa shape index (κ2) is 9.25. The van der Waals surface area contributed by atoms with Crippen molar-refractivity contribution in [3.63, 3.8) is 0 Å². The van der Waals surface area contributed by atoms with Crippen LogP contribution in [0, 0.1) is 0 Å². The molecule has 2 aromatic heterocycles. The normalized spacial score (nSPS) is 10.8. The maximum Gasteiger partial charge on any atom is 0.323 e. The van der Waals surface area contributed by atoms with Crippen molar-refractivity contribution in [2.45, 2.75) is 0 Å². The number of amides is 2. The van der Waals surface area contributed by atoms with E-state index in [1.165, 1.54) is 6.33 Å². The summed E-state index contributed by atoms with van der Waals surface area (Å²) in [6.45, 7) is 0. The Hall–Kier alpha value is -4.36. The van der Waals surface area contributed by atoms with Crippen molar-refractivity contribution in [2.24, 2.45) is 7.05 Å². The lowest BCUT2D eigenvalue weighted by Crippen LogP contribution is -2.20. The van der Waals surface area contributed by atoms with Gasteiger partial charge in [0.1, 0.15) is 17.6 Å². The molecular weight excluding hydrogens is 450 g/mol. The Morgan fingerprint density at radius 1 is 0.912 bits per heavy atom. The van der Waals surface area contributed by atoms with Gasteiger partial charge in [0.05, 0.1) is 21.9 Å². The number of carbonyl (C=O) groups is 1. The van der Waals surface area contributed by atoms with Crippen molar-refractivity contribution < 1.29 is 9.53 Å². The molecule has 34 heavy (non-hydrogen) atoms. The average Bonchev–Trinajstić information content (AvgIpc) is 3.23. The molecule has 2 amide bonds. The fraction of sp³-hybridized carbons (Fsp3) is 0.0385. The summed E-state index contributed by atoms with van der Waals surface area (Å²) in [6.07, 6.45) is 3.34. The highest BCUT2D eigenvalue weighted by atomic mass is 35.5. The van der Waals surface area contributed by atoms with Crippen LogP contribution in [0.5, 0.6) is 11.6 Å². The number of anilines is 2. The molecule has 2 heterocycles. The molecule has 2 N–H and O–H groups in total. The van der Waals surface area contributed by atoms with E-state index in [1.807, 2.05) is 78.5 Å². The van der Waals surface area contributed by atoms with E-state index in [-0.39, 0.29) is 0 Å². The third kappa shape index (κ3) is 4.42. The van der Waals surface area contributed by atoms with Crippen molar-refractivity contribution in [2.75, 3.05) is 10.6 Å². The Balaban J connectivity index is 1.31. The molecule has 168 valence electrons. The zero-order valence-corrected chi connectivity index (χ0v) is 19.0. The number of nitrogens with zero attached hydrogens (tertiary/aromatic N) is 3. The van der Waals surface area contributed by atoms with Crippen LogP contribution in [0.1, 0.15) is 0 Å². The first kappa shape index (κ1) is 21.5. The summed E-state index contributed by atoms with van der Waals surface area (Å²) in [7, 11) is 1.90. The van der Waals surface area contributed by atoms with Crippen molar-refractivity contribution in [3.8, 4) is 22.8 Å². The molecule has 0 saturated carbocycles. The molecule has 0 atom stereocenters. The van der Waals surface area contributed by atoms with Gasteiger partial charge >= 0.3 is 6.03 Å². The van der Waals surface area contributed by atoms with Crippen molar-refractivity contribution in [1.82, 2.24) is 14.5 Å². The molecule has 0 saturated heterocycles. The minimum atomic E-state index is -0.403. The Labute approximate surface area is 201 Å². The molecule has 0 spiro atoms. The number of halogens is 1. The van der Waals surface area contributed by atoms with Gasteiger partial charge in [0.2, 0.25) is 5.88 Å². The summed E-state index contributed by atoms with van der Waals surface area (Å²) in [4.78, 5) is 21.2. The molecule has 7 nitrogen and oxygen atoms in total. The summed E-state index contributed by atoms with van der Waals surface area (Å²) in [5, 5.41) is 6.03. The number of fused-ring (bicyclic) bond motifs is 1. The number of aromatic nitrogens is 3. The zero-order chi connectivity index (χ0) is 23.5. The summed E-state index contributed by atoms with van der Waals surface area (Å²) >= 11 is 6.44. The van der Waals surface area contributed by atoms with E-state index in [0.29, 0.717) is 28.0 Å². The Morgan fingerprint density at radius 3 is 2.50 bits per heavy atom. The highest BCUT2D eigenvalue weighted by molar-refractivity contribution is 6.34. The third-order valence-corrected chi connectivity index (χ3v) is 5.60. The van der Waals surface area contributed by atoms with Gasteiger partial charge in [-0.05, 0) is 29.8 Å². The standard InChI is InChI=1S/C26H20ClN5O2/c1-32-14-13-23-24(32)25(29-16-28-23)34-18-11-12-22(20(27)15-18)31-26(33)30-21-10-6-5-9-19(21)17-7-3-2-4-8-17/h2-16H,1H3,(H2,30,31,33). The number of urea groups is 1. The molecular formula is C26H20ClN5O2. The second-order valence-electron chi connectivity index (χ2n) is 7.57. The SMILES string of the molecule is Cn1ccc2ncnc(Oc3ccc(NC(=O)Nc4ccccc4-c4ccccc4)c(Cl)c3)c21. The lowest BCUT2D eigenvalue weighted by atomic mass is 10.0. The van der Waals surface area contributed by atoms with E-state index in [4.69, 9.17) is 16.3 Å². The second-order valence-corrected chi connectivity index (χ2v) is 7.98. The van der Waals surface area contributed by atoms with E-state index in [0.717, 1.165) is 22.2 Å². The monoisotopic (exact) mass is 469 g/mol. The molecule has 0 radical (unpaired) electrons. The first-order valence-electron chi connectivity index (χ1n) is 10.5. The fourth-order valence-electron chi connectivity index (χ4n) is 3.67. The van der Waals surface area contributed by atoms with E-state index in [1.54, 1.807) is 18.2 Å². The number of benzene rings is 3. The summed E-state index contributed by atoms with van der Waals surface area (Å²) < 4.78 is 7.84. The summed E-state index contributed by atoms with van der Waals surface area (Å²) in [6, 6.07) is 24.0. The highest BCUT2D eigenvalue weighted by Crippen LogP contribution is 2.32. The molecule has 0 aliphatic rings. The van der Waals surface area contributed by atoms with Crippen molar-refractivity contribution in [1.29, 1.82) is 0 Å². The van der Waals surface area contributed by atoms with Gasteiger partial charge in [-0.25, -0.2) is 9.78 Å². The molecule has 8 heteroatoms. The molecule has 0 unspecified atom stereocenters. The third-order valence-electron chi connectivity index (χ3n) is 5.29. The van der Waals surface area contributed by atoms with Gasteiger partial charge < -0.3 is 19.9 Å². The maximum absolute atomic E-state index is 12.7. The van der Waals surface area contributed by atoms with E-state index >= 15 is 0 Å². The lowest BCUT2D eigenvalue weighted by molar-refractivity contribution is 0.262. The summed E-state index contributed by atoms with van der Waals surface area (Å²) in [5.41, 5.74) is 4.63. The van der Waals surface area contributed by atoms with Crippen LogP contribution in [-0.4, -0.2) is 20.6 Å². The number of aryl methyl sites for hydroxylation is 1. The predicted molar refractivity (Wildman–Crippen MR) is 135 cm³/mol. The van der Waals surface area contributed by atoms with Crippen LogP contribution in [0.2, 0.25) is 5.02 Å². The minimum absolute atomic E-state index is 0.334. The van der Waals surface area contributed by atoms with E-state index in [2.05, 4.69) is 20.6 Å². The van der Waals surface area contributed by atoms with Crippen LogP contribution in [0.3, 0.4) is 0 Å². The van der Waals surface area contributed by atoms with Crippen LogP contribution in [0.25, 0.3) is 22.2 Å². The Morgan fingerprint density at radius 2 is 1.68 bits per heavy atom. The summed E-state index contributed by atoms with van der Waals surface area (Å²) in [5.74, 6) is 0.913. The van der Waals surface area contributed by atoms with Gasteiger partial charge in [-0.2, -0.15) is 4.98 Å². The van der Waals surface area contributed by atoms with Gasteiger partial charge in [-0.1, -0.05) is 60.1 Å². The molecule has 0 fully saturated rings. The number of rotatable bonds is 5. The smallest absolute Gasteiger partial charge is 0.323 e. The van der Waals surface area contributed by atoms with Gasteiger partial charge in [-0.3, -0.25) is 0 Å². The van der Waals surface area contributed by atoms with E-state index in [9.17, 15) is 4.79 Å². The predicted octanol–water partition coefficient (Wildman–Crippen LogP) is 6.73. The van der Waals surface area contributed by atoms with E-state index < -0.39 is 6.03 Å². The fourth-order valence-corrected chi connectivity index (χ4v) is 3.89. The largest absolute Gasteiger partial charge is 0.437 e. The van der Waals surface area contributed by atoms with Crippen molar-refractivity contribution in [3.05, 3.63) is 96.4 Å². The lowest BCUT2D eigenvalue weighted by Gasteiger charge is -2.13. The first-order chi connectivity index (χ1) is 16.6. The number of ether oxygens (including phenoxy) is 1. The van der Waals surface area contributed by atoms with Crippen LogP contribution in [0.15, 0.2) is 91.4 Å². The number of carbonyl (C=O) groups excluding carboxylic acids is 1. The number of hydrogen-bond donors (Lipinski definition) is 2. The highest BCUT2D eigenvalue weighted by Gasteiger charge is 2.13.